The predicted octanol–water partition coefficient (Wildman–Crippen LogP) is 0.790. The molecule has 0 fully saturated rings. The third-order valence-corrected chi connectivity index (χ3v) is 1.03. The van der Waals surface area contributed by atoms with Gasteiger partial charge in [0.15, 0.2) is 0 Å². The van der Waals surface area contributed by atoms with Crippen molar-refractivity contribution in [2.45, 2.75) is 19.3 Å². The second-order valence-electron chi connectivity index (χ2n) is 1.94. The van der Waals surface area contributed by atoms with Crippen LogP contribution in [0.25, 0.3) is 0 Å². The highest BCUT2D eigenvalue weighted by molar-refractivity contribution is 5.66. The van der Waals surface area contributed by atoms with Crippen LogP contribution in [-0.2, 0) is 4.79 Å². The summed E-state index contributed by atoms with van der Waals surface area (Å²) in [5.41, 5.74) is 0. The molecule has 0 saturated heterocycles. The van der Waals surface area contributed by atoms with Crippen LogP contribution in [-0.4, -0.2) is 22.8 Å². The van der Waals surface area contributed by atoms with E-state index in [1.807, 2.05) is 0 Å². The number of rotatable bonds is 5. The van der Waals surface area contributed by atoms with Crippen LogP contribution in [0, 0.1) is 0 Å². The first-order chi connectivity index (χ1) is 4.77. The number of hydrogen-bond acceptors (Lipinski definition) is 2. The molecule has 58 valence electrons. The van der Waals surface area contributed by atoms with Crippen molar-refractivity contribution in [3.05, 3.63) is 12.2 Å². The van der Waals surface area contributed by atoms with E-state index in [0.29, 0.717) is 6.42 Å². The Balaban J connectivity index is 3.05. The Morgan fingerprint density at radius 3 is 2.60 bits per heavy atom. The van der Waals surface area contributed by atoms with Gasteiger partial charge in [0.1, 0.15) is 0 Å². The van der Waals surface area contributed by atoms with E-state index < -0.39 is 5.97 Å². The molecule has 10 heavy (non-hydrogen) atoms. The fourth-order valence-corrected chi connectivity index (χ4v) is 0.564. The van der Waals surface area contributed by atoms with Crippen LogP contribution in [0.15, 0.2) is 12.2 Å². The molecule has 0 heterocycles. The maximum Gasteiger partial charge on any atom is 0.303 e. The zero-order valence-corrected chi connectivity index (χ0v) is 5.79. The Morgan fingerprint density at radius 2 is 2.10 bits per heavy atom. The third-order valence-electron chi connectivity index (χ3n) is 1.03. The molecule has 0 atom stereocenters. The van der Waals surface area contributed by atoms with E-state index in [2.05, 4.69) is 0 Å². The lowest BCUT2D eigenvalue weighted by molar-refractivity contribution is -0.137. The van der Waals surface area contributed by atoms with Crippen molar-refractivity contribution in [1.29, 1.82) is 0 Å². The number of allylic oxidation sites excluding steroid dienone is 1. The van der Waals surface area contributed by atoms with Crippen LogP contribution in [0.1, 0.15) is 19.3 Å². The first kappa shape index (κ1) is 9.17. The summed E-state index contributed by atoms with van der Waals surface area (Å²) in [4.78, 5) is 9.96. The van der Waals surface area contributed by atoms with Crippen LogP contribution >= 0.6 is 0 Å². The molecule has 0 bridgehead atoms. The molecule has 0 unspecified atom stereocenters. The Kier molecular flexibility index (Phi) is 5.77. The van der Waals surface area contributed by atoms with Crippen LogP contribution < -0.4 is 0 Å². The van der Waals surface area contributed by atoms with Gasteiger partial charge in [-0.05, 0) is 12.8 Å². The molecular weight excluding hydrogens is 132 g/mol. The summed E-state index contributed by atoms with van der Waals surface area (Å²) >= 11 is 0. The van der Waals surface area contributed by atoms with E-state index in [4.69, 9.17) is 10.2 Å². The minimum absolute atomic E-state index is 0.0348. The number of aliphatic hydroxyl groups is 1. The number of hydrogen-bond donors (Lipinski definition) is 2. The van der Waals surface area contributed by atoms with Gasteiger partial charge in [0, 0.05) is 6.42 Å². The van der Waals surface area contributed by atoms with Crippen LogP contribution in [0.2, 0.25) is 0 Å². The summed E-state index contributed by atoms with van der Waals surface area (Å²) in [5, 5.41) is 16.5. The lowest BCUT2D eigenvalue weighted by atomic mass is 10.2. The number of aliphatic hydroxyl groups excluding tert-OH is 1. The van der Waals surface area contributed by atoms with Crippen molar-refractivity contribution in [1.82, 2.24) is 0 Å². The Labute approximate surface area is 60.0 Å². The monoisotopic (exact) mass is 144 g/mol. The predicted molar refractivity (Wildman–Crippen MR) is 37.7 cm³/mol. The number of carboxylic acids is 1. The van der Waals surface area contributed by atoms with E-state index in [1.54, 1.807) is 12.2 Å². The van der Waals surface area contributed by atoms with Gasteiger partial charge < -0.3 is 10.2 Å². The molecule has 0 aromatic carbocycles. The Hall–Kier alpha value is -0.830. The standard InChI is InChI=1S/C7H12O3/c8-6-4-2-1-3-5-7(9)10/h2,4,8H,1,3,5-6H2,(H,9,10)/b4-2-. The second-order valence-corrected chi connectivity index (χ2v) is 1.94. The fraction of sp³-hybridized carbons (Fsp3) is 0.571. The average Bonchev–Trinajstić information content (AvgIpc) is 1.87. The van der Waals surface area contributed by atoms with Crippen molar-refractivity contribution in [3.63, 3.8) is 0 Å². The molecule has 0 aromatic rings. The third kappa shape index (κ3) is 7.17. The SMILES string of the molecule is O=C(O)CCC/C=C\CO. The summed E-state index contributed by atoms with van der Waals surface area (Å²) in [7, 11) is 0. The van der Waals surface area contributed by atoms with E-state index in [1.165, 1.54) is 0 Å². The van der Waals surface area contributed by atoms with Crippen molar-refractivity contribution in [2.24, 2.45) is 0 Å². The molecule has 0 spiro atoms. The number of unbranched alkanes of at least 4 members (excludes halogenated alkanes) is 1. The van der Waals surface area contributed by atoms with Crippen molar-refractivity contribution in [3.8, 4) is 0 Å². The van der Waals surface area contributed by atoms with Gasteiger partial charge in [0.05, 0.1) is 6.61 Å². The molecule has 0 aliphatic carbocycles. The summed E-state index contributed by atoms with van der Waals surface area (Å²) in [6.45, 7) is 0.0348. The molecular formula is C7H12O3. The van der Waals surface area contributed by atoms with Gasteiger partial charge in [-0.2, -0.15) is 0 Å². The maximum absolute atomic E-state index is 9.96. The highest BCUT2D eigenvalue weighted by atomic mass is 16.4. The molecule has 0 rings (SSSR count). The summed E-state index contributed by atoms with van der Waals surface area (Å²) < 4.78 is 0. The quantitative estimate of drug-likeness (QED) is 0.443. The summed E-state index contributed by atoms with van der Waals surface area (Å²) in [6.07, 6.45) is 4.97. The molecule has 0 saturated carbocycles. The van der Waals surface area contributed by atoms with Gasteiger partial charge >= 0.3 is 5.97 Å². The van der Waals surface area contributed by atoms with Gasteiger partial charge in [-0.1, -0.05) is 12.2 Å². The van der Waals surface area contributed by atoms with Crippen molar-refractivity contribution < 1.29 is 15.0 Å². The van der Waals surface area contributed by atoms with Crippen molar-refractivity contribution in [2.75, 3.05) is 6.61 Å². The lowest BCUT2D eigenvalue weighted by Gasteiger charge is -1.88. The highest BCUT2D eigenvalue weighted by Gasteiger charge is 1.92. The van der Waals surface area contributed by atoms with E-state index >= 15 is 0 Å². The van der Waals surface area contributed by atoms with Gasteiger partial charge in [-0.15, -0.1) is 0 Å². The number of carboxylic acid groups (broad SMARTS) is 1. The molecule has 0 aliphatic heterocycles. The van der Waals surface area contributed by atoms with Crippen molar-refractivity contribution >= 4 is 5.97 Å². The first-order valence-corrected chi connectivity index (χ1v) is 3.25. The Morgan fingerprint density at radius 1 is 1.40 bits per heavy atom. The molecule has 0 amide bonds. The topological polar surface area (TPSA) is 57.5 Å². The average molecular weight is 144 g/mol. The normalized spacial score (nSPS) is 10.5. The van der Waals surface area contributed by atoms with Gasteiger partial charge in [-0.25, -0.2) is 0 Å². The Bertz CT molecular complexity index is 118. The van der Waals surface area contributed by atoms with E-state index in [0.717, 1.165) is 6.42 Å². The van der Waals surface area contributed by atoms with Gasteiger partial charge in [0.2, 0.25) is 0 Å². The highest BCUT2D eigenvalue weighted by Crippen LogP contribution is 1.95. The minimum atomic E-state index is -0.766. The van der Waals surface area contributed by atoms with E-state index in [-0.39, 0.29) is 13.0 Å². The largest absolute Gasteiger partial charge is 0.481 e. The zero-order chi connectivity index (χ0) is 7.82. The first-order valence-electron chi connectivity index (χ1n) is 3.25. The number of aliphatic carboxylic acids is 1. The molecule has 3 nitrogen and oxygen atoms in total. The van der Waals surface area contributed by atoms with Gasteiger partial charge in [-0.3, -0.25) is 4.79 Å². The van der Waals surface area contributed by atoms with E-state index in [9.17, 15) is 4.79 Å². The molecule has 0 radical (unpaired) electrons. The second kappa shape index (κ2) is 6.29. The van der Waals surface area contributed by atoms with Crippen LogP contribution in [0.3, 0.4) is 0 Å². The summed E-state index contributed by atoms with van der Waals surface area (Å²) in [6, 6.07) is 0. The maximum atomic E-state index is 9.96. The summed E-state index contributed by atoms with van der Waals surface area (Å²) in [5.74, 6) is -0.766. The molecule has 0 aromatic heterocycles. The smallest absolute Gasteiger partial charge is 0.303 e. The fourth-order valence-electron chi connectivity index (χ4n) is 0.564. The van der Waals surface area contributed by atoms with Crippen LogP contribution in [0.5, 0.6) is 0 Å². The molecule has 0 aliphatic rings. The molecule has 2 N–H and O–H groups in total. The van der Waals surface area contributed by atoms with Gasteiger partial charge in [0.25, 0.3) is 0 Å². The number of carbonyl (C=O) groups is 1. The van der Waals surface area contributed by atoms with Crippen LogP contribution in [0.4, 0.5) is 0 Å². The molecule has 3 heteroatoms. The zero-order valence-electron chi connectivity index (χ0n) is 5.79. The minimum Gasteiger partial charge on any atom is -0.481 e. The lowest BCUT2D eigenvalue weighted by Crippen LogP contribution is -1.92.